The number of nitrogens with one attached hydrogen (secondary N) is 2. The molecule has 0 unspecified atom stereocenters. The van der Waals surface area contributed by atoms with Gasteiger partial charge in [0.1, 0.15) is 12.4 Å². The smallest absolute Gasteiger partial charge is 0.255 e. The average molecular weight is 415 g/mol. The Balaban J connectivity index is 1.30. The van der Waals surface area contributed by atoms with Gasteiger partial charge in [-0.3, -0.25) is 9.59 Å². The molecule has 5 nitrogen and oxygen atoms in total. The summed E-state index contributed by atoms with van der Waals surface area (Å²) in [7, 11) is 0. The fourth-order valence-electron chi connectivity index (χ4n) is 3.73. The average Bonchev–Trinajstić information content (AvgIpc) is 2.82. The summed E-state index contributed by atoms with van der Waals surface area (Å²) in [4.78, 5) is 25.0. The summed E-state index contributed by atoms with van der Waals surface area (Å²) in [5.41, 5.74) is 3.50. The molecule has 2 amide bonds. The van der Waals surface area contributed by atoms with Gasteiger partial charge in [0.15, 0.2) is 0 Å². The largest absolute Gasteiger partial charge is 0.492 e. The number of carbonyl (C=O) groups excluding carboxylic acids is 2. The first-order valence-corrected chi connectivity index (χ1v) is 10.6. The Hall–Kier alpha value is -3.60. The lowest BCUT2D eigenvalue weighted by molar-refractivity contribution is -0.126. The van der Waals surface area contributed by atoms with Crippen LogP contribution < -0.4 is 15.4 Å². The zero-order chi connectivity index (χ0) is 21.5. The summed E-state index contributed by atoms with van der Waals surface area (Å²) in [5, 5.41) is 5.95. The van der Waals surface area contributed by atoms with E-state index in [0.717, 1.165) is 24.2 Å². The quantitative estimate of drug-likeness (QED) is 0.569. The number of rotatable bonds is 7. The van der Waals surface area contributed by atoms with E-state index in [2.05, 4.69) is 22.8 Å². The summed E-state index contributed by atoms with van der Waals surface area (Å²) in [6.07, 6.45) is 2.43. The minimum atomic E-state index is -0.232. The van der Waals surface area contributed by atoms with Crippen LogP contribution in [0.4, 0.5) is 5.69 Å². The topological polar surface area (TPSA) is 67.4 Å². The highest BCUT2D eigenvalue weighted by Crippen LogP contribution is 2.30. The van der Waals surface area contributed by atoms with Gasteiger partial charge >= 0.3 is 0 Å². The van der Waals surface area contributed by atoms with E-state index < -0.39 is 0 Å². The predicted molar refractivity (Wildman–Crippen MR) is 121 cm³/mol. The first kappa shape index (κ1) is 20.7. The highest BCUT2D eigenvalue weighted by molar-refractivity contribution is 6.04. The van der Waals surface area contributed by atoms with E-state index in [1.807, 2.05) is 54.6 Å². The van der Waals surface area contributed by atoms with Crippen LogP contribution in [0.1, 0.15) is 27.9 Å². The fraction of sp³-hybridized carbons (Fsp3) is 0.231. The van der Waals surface area contributed by atoms with Crippen LogP contribution >= 0.6 is 0 Å². The maximum Gasteiger partial charge on any atom is 0.255 e. The number of hydrogen-bond donors (Lipinski definition) is 2. The van der Waals surface area contributed by atoms with E-state index in [1.165, 1.54) is 5.56 Å². The maximum atomic E-state index is 12.6. The van der Waals surface area contributed by atoms with Crippen LogP contribution in [0.25, 0.3) is 0 Å². The third-order valence-corrected chi connectivity index (χ3v) is 5.42. The number of hydrogen-bond acceptors (Lipinski definition) is 3. The number of amides is 2. The summed E-state index contributed by atoms with van der Waals surface area (Å²) in [5.74, 6) is 0.387. The second-order valence-electron chi connectivity index (χ2n) is 7.73. The van der Waals surface area contributed by atoms with Crippen molar-refractivity contribution in [3.05, 3.63) is 95.6 Å². The molecule has 1 atom stereocenters. The highest BCUT2D eigenvalue weighted by atomic mass is 16.5. The molecule has 0 saturated carbocycles. The molecule has 2 N–H and O–H groups in total. The minimum absolute atomic E-state index is 0.0115. The molecule has 3 aromatic carbocycles. The van der Waals surface area contributed by atoms with Gasteiger partial charge in [0.05, 0.1) is 5.92 Å². The first-order chi connectivity index (χ1) is 15.2. The van der Waals surface area contributed by atoms with Crippen LogP contribution in [0.15, 0.2) is 78.9 Å². The Kier molecular flexibility index (Phi) is 6.62. The Morgan fingerprint density at radius 2 is 1.68 bits per heavy atom. The van der Waals surface area contributed by atoms with Crippen molar-refractivity contribution in [2.24, 2.45) is 5.92 Å². The third-order valence-electron chi connectivity index (χ3n) is 5.42. The van der Waals surface area contributed by atoms with Gasteiger partial charge in [-0.2, -0.15) is 0 Å². The molecule has 1 heterocycles. The second kappa shape index (κ2) is 9.94. The van der Waals surface area contributed by atoms with Gasteiger partial charge in [-0.25, -0.2) is 0 Å². The maximum absolute atomic E-state index is 12.6. The number of aryl methyl sites for hydroxylation is 1. The second-order valence-corrected chi connectivity index (χ2v) is 7.73. The van der Waals surface area contributed by atoms with Gasteiger partial charge in [-0.1, -0.05) is 48.5 Å². The van der Waals surface area contributed by atoms with Crippen molar-refractivity contribution in [2.45, 2.75) is 19.3 Å². The molecule has 158 valence electrons. The lowest BCUT2D eigenvalue weighted by atomic mass is 9.95. The molecule has 0 saturated heterocycles. The van der Waals surface area contributed by atoms with E-state index in [4.69, 9.17) is 4.74 Å². The lowest BCUT2D eigenvalue weighted by Gasteiger charge is -2.25. The predicted octanol–water partition coefficient (Wildman–Crippen LogP) is 4.24. The Morgan fingerprint density at radius 3 is 2.45 bits per heavy atom. The van der Waals surface area contributed by atoms with Gasteiger partial charge in [0.25, 0.3) is 5.91 Å². The van der Waals surface area contributed by atoms with Crippen LogP contribution in [-0.2, 0) is 17.6 Å². The Labute approximate surface area is 182 Å². The molecule has 0 spiro atoms. The van der Waals surface area contributed by atoms with Gasteiger partial charge < -0.3 is 15.4 Å². The molecule has 0 aliphatic carbocycles. The van der Waals surface area contributed by atoms with Crippen LogP contribution in [0.2, 0.25) is 0 Å². The van der Waals surface area contributed by atoms with Crippen LogP contribution in [-0.4, -0.2) is 25.0 Å². The van der Waals surface area contributed by atoms with Crippen molar-refractivity contribution in [1.29, 1.82) is 0 Å². The fourth-order valence-corrected chi connectivity index (χ4v) is 3.73. The van der Waals surface area contributed by atoms with Crippen LogP contribution in [0.5, 0.6) is 5.75 Å². The number of fused-ring (bicyclic) bond motifs is 1. The zero-order valence-corrected chi connectivity index (χ0v) is 17.3. The van der Waals surface area contributed by atoms with E-state index in [0.29, 0.717) is 30.8 Å². The van der Waals surface area contributed by atoms with Crippen molar-refractivity contribution in [3.8, 4) is 5.75 Å². The molecule has 4 rings (SSSR count). The SMILES string of the molecule is O=C(Nc1ccc2c(c1)C[C@H](C(=O)NCCCc1ccccc1)CO2)c1ccccc1. The Morgan fingerprint density at radius 1 is 0.935 bits per heavy atom. The molecule has 3 aromatic rings. The monoisotopic (exact) mass is 414 g/mol. The highest BCUT2D eigenvalue weighted by Gasteiger charge is 2.26. The molecule has 0 bridgehead atoms. The molecule has 5 heteroatoms. The van der Waals surface area contributed by atoms with Crippen LogP contribution in [0.3, 0.4) is 0 Å². The first-order valence-electron chi connectivity index (χ1n) is 10.6. The van der Waals surface area contributed by atoms with Gasteiger partial charge in [-0.15, -0.1) is 0 Å². The normalized spacial score (nSPS) is 14.8. The van der Waals surface area contributed by atoms with E-state index >= 15 is 0 Å². The number of benzene rings is 3. The van der Waals surface area contributed by atoms with E-state index in [-0.39, 0.29) is 17.7 Å². The van der Waals surface area contributed by atoms with Crippen LogP contribution in [0, 0.1) is 5.92 Å². The zero-order valence-electron chi connectivity index (χ0n) is 17.3. The molecular formula is C26H26N2O3. The number of ether oxygens (including phenoxy) is 1. The van der Waals surface area contributed by atoms with E-state index in [1.54, 1.807) is 12.1 Å². The van der Waals surface area contributed by atoms with Crippen molar-refractivity contribution in [1.82, 2.24) is 5.32 Å². The lowest BCUT2D eigenvalue weighted by Crippen LogP contribution is -2.37. The molecule has 0 radical (unpaired) electrons. The van der Waals surface area contributed by atoms with Crippen molar-refractivity contribution in [2.75, 3.05) is 18.5 Å². The summed E-state index contributed by atoms with van der Waals surface area (Å²) in [6, 6.07) is 24.9. The standard InChI is InChI=1S/C26H26N2O3/c29-25(27-15-7-10-19-8-3-1-4-9-19)22-16-21-17-23(13-14-24(21)31-18-22)28-26(30)20-11-5-2-6-12-20/h1-6,8-9,11-14,17,22H,7,10,15-16,18H2,(H,27,29)(H,28,30)/t22-/m0/s1. The summed E-state index contributed by atoms with van der Waals surface area (Å²) >= 11 is 0. The molecule has 1 aliphatic heterocycles. The van der Waals surface area contributed by atoms with Gasteiger partial charge in [0, 0.05) is 17.8 Å². The summed E-state index contributed by atoms with van der Waals surface area (Å²) in [6.45, 7) is 1.01. The van der Waals surface area contributed by atoms with Crippen molar-refractivity contribution in [3.63, 3.8) is 0 Å². The Bertz CT molecular complexity index is 1040. The van der Waals surface area contributed by atoms with Gasteiger partial charge in [-0.05, 0) is 60.7 Å². The molecule has 31 heavy (non-hydrogen) atoms. The summed E-state index contributed by atoms with van der Waals surface area (Å²) < 4.78 is 5.80. The van der Waals surface area contributed by atoms with Gasteiger partial charge in [0.2, 0.25) is 5.91 Å². The molecule has 0 aromatic heterocycles. The number of carbonyl (C=O) groups is 2. The van der Waals surface area contributed by atoms with Crippen molar-refractivity contribution >= 4 is 17.5 Å². The molecular weight excluding hydrogens is 388 g/mol. The molecule has 0 fully saturated rings. The van der Waals surface area contributed by atoms with E-state index in [9.17, 15) is 9.59 Å². The van der Waals surface area contributed by atoms with Crippen molar-refractivity contribution < 1.29 is 14.3 Å². The third kappa shape index (κ3) is 5.51. The molecule has 1 aliphatic rings. The minimum Gasteiger partial charge on any atom is -0.492 e. The number of anilines is 1.